The number of carbonyl (C=O) groups is 1. The highest BCUT2D eigenvalue weighted by Crippen LogP contribution is 2.22. The van der Waals surface area contributed by atoms with Gasteiger partial charge in [0.05, 0.1) is 25.4 Å². The van der Waals surface area contributed by atoms with E-state index < -0.39 is 49.5 Å². The quantitative estimate of drug-likeness (QED) is 0.0267. The van der Waals surface area contributed by atoms with Crippen molar-refractivity contribution in [3.63, 3.8) is 0 Å². The Morgan fingerprint density at radius 3 is 1.61 bits per heavy atom. The van der Waals surface area contributed by atoms with E-state index in [2.05, 4.69) is 55.6 Å². The molecule has 0 bridgehead atoms. The first kappa shape index (κ1) is 53.2. The van der Waals surface area contributed by atoms with Crippen LogP contribution in [0, 0.1) is 0 Å². The zero-order valence-corrected chi connectivity index (χ0v) is 36.3. The standard InChI is InChI=1S/C48H87NO8/c1-3-5-7-9-11-13-15-17-19-21-23-25-27-29-31-33-35-37-42(51)41(40-56-48-47(55)46(54)45(53)43(39-50)57-48)49-44(52)38-36-34-32-30-28-26-24-22-20-18-16-14-12-10-8-6-4-2/h6,8,12,14,18,20,35,37,41-43,45-48,50-51,53-55H,3-5,7,9-11,13,15-17,19,21-34,36,38-40H2,1-2H3,(H,49,52)/b8-6-,14-12-,20-18-,37-35+. The predicted octanol–water partition coefficient (Wildman–Crippen LogP) is 9.84. The Bertz CT molecular complexity index is 1030. The van der Waals surface area contributed by atoms with Crippen molar-refractivity contribution >= 4 is 5.91 Å². The maximum absolute atomic E-state index is 13.0. The number of allylic oxidation sites excluding steroid dienone is 7. The monoisotopic (exact) mass is 806 g/mol. The van der Waals surface area contributed by atoms with E-state index in [1.807, 2.05) is 6.08 Å². The summed E-state index contributed by atoms with van der Waals surface area (Å²) in [4.78, 5) is 13.0. The van der Waals surface area contributed by atoms with Crippen molar-refractivity contribution in [3.05, 3.63) is 48.6 Å². The van der Waals surface area contributed by atoms with Crippen LogP contribution in [0.2, 0.25) is 0 Å². The number of ether oxygens (including phenoxy) is 2. The van der Waals surface area contributed by atoms with Gasteiger partial charge in [0.25, 0.3) is 0 Å². The smallest absolute Gasteiger partial charge is 0.220 e. The molecule has 1 fully saturated rings. The van der Waals surface area contributed by atoms with E-state index in [4.69, 9.17) is 9.47 Å². The molecule has 0 aromatic rings. The predicted molar refractivity (Wildman–Crippen MR) is 235 cm³/mol. The molecule has 0 aliphatic carbocycles. The molecule has 0 spiro atoms. The van der Waals surface area contributed by atoms with Gasteiger partial charge in [0.1, 0.15) is 24.4 Å². The summed E-state index contributed by atoms with van der Waals surface area (Å²) in [7, 11) is 0. The lowest BCUT2D eigenvalue weighted by molar-refractivity contribution is -0.302. The van der Waals surface area contributed by atoms with E-state index in [9.17, 15) is 30.3 Å². The van der Waals surface area contributed by atoms with Gasteiger partial charge in [-0.15, -0.1) is 0 Å². The third-order valence-electron chi connectivity index (χ3n) is 10.9. The zero-order chi connectivity index (χ0) is 41.6. The lowest BCUT2D eigenvalue weighted by Gasteiger charge is -2.40. The van der Waals surface area contributed by atoms with Gasteiger partial charge in [0.2, 0.25) is 5.91 Å². The van der Waals surface area contributed by atoms with E-state index in [-0.39, 0.29) is 12.5 Å². The highest BCUT2D eigenvalue weighted by atomic mass is 16.7. The van der Waals surface area contributed by atoms with Gasteiger partial charge in [-0.05, 0) is 51.4 Å². The second-order valence-electron chi connectivity index (χ2n) is 16.2. The first-order valence-electron chi connectivity index (χ1n) is 23.4. The van der Waals surface area contributed by atoms with Crippen molar-refractivity contribution in [2.45, 2.75) is 236 Å². The first-order chi connectivity index (χ1) is 27.8. The van der Waals surface area contributed by atoms with Gasteiger partial charge in [-0.1, -0.05) is 184 Å². The third kappa shape index (κ3) is 29.1. The van der Waals surface area contributed by atoms with Crippen LogP contribution >= 0.6 is 0 Å². The molecule has 9 heteroatoms. The van der Waals surface area contributed by atoms with Gasteiger partial charge in [-0.2, -0.15) is 0 Å². The van der Waals surface area contributed by atoms with Gasteiger partial charge in [-0.25, -0.2) is 0 Å². The molecule has 0 aromatic carbocycles. The summed E-state index contributed by atoms with van der Waals surface area (Å²) in [5.74, 6) is -0.189. The molecule has 1 rings (SSSR count). The maximum atomic E-state index is 13.0. The van der Waals surface area contributed by atoms with E-state index in [0.717, 1.165) is 70.6 Å². The summed E-state index contributed by atoms with van der Waals surface area (Å²) in [5.41, 5.74) is 0. The molecule has 9 nitrogen and oxygen atoms in total. The molecular formula is C48H87NO8. The van der Waals surface area contributed by atoms with Crippen LogP contribution in [0.4, 0.5) is 0 Å². The lowest BCUT2D eigenvalue weighted by Crippen LogP contribution is -2.60. The number of hydrogen-bond donors (Lipinski definition) is 6. The highest BCUT2D eigenvalue weighted by molar-refractivity contribution is 5.76. The largest absolute Gasteiger partial charge is 0.394 e. The zero-order valence-electron chi connectivity index (χ0n) is 36.3. The summed E-state index contributed by atoms with van der Waals surface area (Å²) in [6, 6.07) is -0.810. The summed E-state index contributed by atoms with van der Waals surface area (Å²) < 4.78 is 11.2. The average Bonchev–Trinajstić information content (AvgIpc) is 3.21. The summed E-state index contributed by atoms with van der Waals surface area (Å²) >= 11 is 0. The Morgan fingerprint density at radius 1 is 0.614 bits per heavy atom. The Morgan fingerprint density at radius 2 is 1.09 bits per heavy atom. The second-order valence-corrected chi connectivity index (χ2v) is 16.2. The second kappa shape index (κ2) is 38.4. The Kier molecular flexibility index (Phi) is 35.8. The fourth-order valence-electron chi connectivity index (χ4n) is 7.17. The first-order valence-corrected chi connectivity index (χ1v) is 23.4. The van der Waals surface area contributed by atoms with Gasteiger partial charge in [0.15, 0.2) is 6.29 Å². The Hall–Kier alpha value is -1.85. The summed E-state index contributed by atoms with van der Waals surface area (Å²) in [5, 5.41) is 54.2. The number of hydrogen-bond acceptors (Lipinski definition) is 8. The van der Waals surface area contributed by atoms with E-state index in [1.54, 1.807) is 6.08 Å². The van der Waals surface area contributed by atoms with Crippen LogP contribution < -0.4 is 5.32 Å². The molecule has 1 aliphatic heterocycles. The lowest BCUT2D eigenvalue weighted by atomic mass is 9.99. The Labute approximate surface area is 348 Å². The van der Waals surface area contributed by atoms with Crippen molar-refractivity contribution in [2.24, 2.45) is 0 Å². The summed E-state index contributed by atoms with van der Waals surface area (Å²) in [6.45, 7) is 3.65. The fourth-order valence-corrected chi connectivity index (χ4v) is 7.17. The van der Waals surface area contributed by atoms with E-state index in [0.29, 0.717) is 6.42 Å². The van der Waals surface area contributed by atoms with Crippen molar-refractivity contribution in [1.82, 2.24) is 5.32 Å². The fraction of sp³-hybridized carbons (Fsp3) is 0.812. The van der Waals surface area contributed by atoms with Crippen LogP contribution in [0.15, 0.2) is 48.6 Å². The molecule has 1 saturated heterocycles. The van der Waals surface area contributed by atoms with Gasteiger partial charge >= 0.3 is 0 Å². The van der Waals surface area contributed by atoms with Gasteiger partial charge in [0, 0.05) is 6.42 Å². The molecule has 1 heterocycles. The molecule has 0 saturated carbocycles. The molecule has 7 unspecified atom stereocenters. The number of unbranched alkanes of at least 4 members (excludes halogenated alkanes) is 22. The van der Waals surface area contributed by atoms with Crippen LogP contribution in [0.1, 0.15) is 194 Å². The molecule has 6 N–H and O–H groups in total. The normalized spacial score (nSPS) is 21.4. The minimum Gasteiger partial charge on any atom is -0.394 e. The van der Waals surface area contributed by atoms with Crippen molar-refractivity contribution in [3.8, 4) is 0 Å². The van der Waals surface area contributed by atoms with Crippen molar-refractivity contribution in [2.75, 3.05) is 13.2 Å². The molecule has 0 aromatic heterocycles. The molecule has 1 aliphatic rings. The maximum Gasteiger partial charge on any atom is 0.220 e. The minimum absolute atomic E-state index is 0.189. The third-order valence-corrected chi connectivity index (χ3v) is 10.9. The van der Waals surface area contributed by atoms with Crippen molar-refractivity contribution in [1.29, 1.82) is 0 Å². The van der Waals surface area contributed by atoms with Crippen LogP contribution in [0.5, 0.6) is 0 Å². The minimum atomic E-state index is -1.57. The van der Waals surface area contributed by atoms with Crippen LogP contribution in [-0.2, 0) is 14.3 Å². The Balaban J connectivity index is 2.36. The van der Waals surface area contributed by atoms with Gasteiger partial charge < -0.3 is 40.3 Å². The van der Waals surface area contributed by atoms with E-state index >= 15 is 0 Å². The number of amides is 1. The number of carbonyl (C=O) groups excluding carboxylic acids is 1. The topological polar surface area (TPSA) is 149 Å². The van der Waals surface area contributed by atoms with Crippen molar-refractivity contribution < 1.29 is 39.8 Å². The number of aliphatic hydroxyl groups excluding tert-OH is 5. The SMILES string of the molecule is CC/C=C\C/C=C\C/C=C\CCCCCCCCCC(=O)NC(COC1OC(CO)C(O)C(O)C1O)C(O)/C=C/CCCCCCCCCCCCCCCCC. The molecular weight excluding hydrogens is 719 g/mol. The molecule has 332 valence electrons. The van der Waals surface area contributed by atoms with Crippen LogP contribution in [0.3, 0.4) is 0 Å². The van der Waals surface area contributed by atoms with Crippen LogP contribution in [-0.4, -0.2) is 87.5 Å². The van der Waals surface area contributed by atoms with E-state index in [1.165, 1.54) is 103 Å². The number of nitrogens with one attached hydrogen (secondary N) is 1. The molecule has 57 heavy (non-hydrogen) atoms. The average molecular weight is 806 g/mol. The number of rotatable bonds is 38. The molecule has 7 atom stereocenters. The van der Waals surface area contributed by atoms with Crippen LogP contribution in [0.25, 0.3) is 0 Å². The molecule has 1 amide bonds. The summed E-state index contributed by atoms with van der Waals surface area (Å²) in [6.07, 6.45) is 41.5. The molecule has 0 radical (unpaired) electrons. The highest BCUT2D eigenvalue weighted by Gasteiger charge is 2.44. The number of aliphatic hydroxyl groups is 5. The van der Waals surface area contributed by atoms with Gasteiger partial charge in [-0.3, -0.25) is 4.79 Å².